The van der Waals surface area contributed by atoms with Crippen LogP contribution in [0.15, 0.2) is 47.5 Å². The molecule has 1 aliphatic heterocycles. The number of H-pyrrole nitrogens is 1. The largest absolute Gasteiger partial charge is 0.360 e. The number of hydrogen-bond donors (Lipinski definition) is 1. The van der Waals surface area contributed by atoms with Gasteiger partial charge in [-0.1, -0.05) is 6.07 Å². The Bertz CT molecular complexity index is 1360. The number of tetrazole rings is 1. The summed E-state index contributed by atoms with van der Waals surface area (Å²) in [5.74, 6) is 0.0300. The summed E-state index contributed by atoms with van der Waals surface area (Å²) in [4.78, 5) is 4.65. The summed E-state index contributed by atoms with van der Waals surface area (Å²) < 4.78 is 41.0. The summed E-state index contributed by atoms with van der Waals surface area (Å²) >= 11 is 0. The number of benzene rings is 2. The number of hydrogen-bond acceptors (Lipinski definition) is 5. The normalized spacial score (nSPS) is 18.4. The fourth-order valence-electron chi connectivity index (χ4n) is 3.85. The molecule has 0 aliphatic carbocycles. The van der Waals surface area contributed by atoms with Crippen molar-refractivity contribution in [2.45, 2.75) is 24.4 Å². The highest BCUT2D eigenvalue weighted by Gasteiger charge is 2.41. The molecule has 0 spiro atoms. The molecule has 0 radical (unpaired) electrons. The van der Waals surface area contributed by atoms with E-state index in [1.54, 1.807) is 31.4 Å². The van der Waals surface area contributed by atoms with Crippen molar-refractivity contribution in [3.63, 3.8) is 0 Å². The highest BCUT2D eigenvalue weighted by molar-refractivity contribution is 7.89. The molecule has 29 heavy (non-hydrogen) atoms. The van der Waals surface area contributed by atoms with Crippen molar-refractivity contribution >= 4 is 20.9 Å². The molecule has 0 unspecified atom stereocenters. The molecule has 2 aromatic heterocycles. The minimum atomic E-state index is -3.66. The van der Waals surface area contributed by atoms with Crippen molar-refractivity contribution in [1.82, 2.24) is 29.5 Å². The van der Waals surface area contributed by atoms with Crippen molar-refractivity contribution < 1.29 is 12.8 Å². The Labute approximate surface area is 166 Å². The maximum atomic E-state index is 13.5. The number of aromatic amines is 1. The van der Waals surface area contributed by atoms with E-state index in [-0.39, 0.29) is 23.3 Å². The number of nitrogens with one attached hydrogen (secondary N) is 1. The third kappa shape index (κ3) is 2.75. The first-order valence-electron chi connectivity index (χ1n) is 9.00. The van der Waals surface area contributed by atoms with Crippen LogP contribution < -0.4 is 0 Å². The van der Waals surface area contributed by atoms with Crippen molar-refractivity contribution in [1.29, 1.82) is 0 Å². The zero-order valence-electron chi connectivity index (χ0n) is 15.7. The molecule has 0 bridgehead atoms. The first-order chi connectivity index (χ1) is 13.8. The highest BCUT2D eigenvalue weighted by atomic mass is 32.2. The molecule has 2 aromatic carbocycles. The van der Waals surface area contributed by atoms with Gasteiger partial charge < -0.3 is 4.98 Å². The number of aryl methyl sites for hydroxylation is 1. The SMILES string of the molecule is C[C@@H]1c2cc(-c3c[nH]c4cc(F)ccc34)ccc2S(=O)(=O)N1Cc1nnn(C)n1. The number of aromatic nitrogens is 5. The molecule has 1 aliphatic rings. The second-order valence-corrected chi connectivity index (χ2v) is 8.93. The van der Waals surface area contributed by atoms with Crippen LogP contribution in [0.5, 0.6) is 0 Å². The molecule has 0 fully saturated rings. The Morgan fingerprint density at radius 2 is 2.03 bits per heavy atom. The topological polar surface area (TPSA) is 96.8 Å². The van der Waals surface area contributed by atoms with Crippen molar-refractivity contribution in [2.24, 2.45) is 7.05 Å². The Balaban J connectivity index is 1.57. The predicted octanol–water partition coefficient (Wildman–Crippen LogP) is 2.76. The Hall–Kier alpha value is -3.11. The first-order valence-corrected chi connectivity index (χ1v) is 10.4. The summed E-state index contributed by atoms with van der Waals surface area (Å²) in [5.41, 5.74) is 3.16. The lowest BCUT2D eigenvalue weighted by atomic mass is 9.99. The van der Waals surface area contributed by atoms with Crippen LogP contribution in [-0.2, 0) is 23.6 Å². The lowest BCUT2D eigenvalue weighted by molar-refractivity contribution is 0.345. The van der Waals surface area contributed by atoms with E-state index in [4.69, 9.17) is 0 Å². The molecule has 0 amide bonds. The molecule has 0 saturated carbocycles. The standard InChI is InChI=1S/C19H17FN6O2S/c1-11-15-7-12(16-9-21-17-8-13(20)4-5-14(16)17)3-6-18(15)29(27,28)26(11)10-19-22-24-25(2)23-19/h3-9,11,21H,10H2,1-2H3/t11-/m1/s1. The van der Waals surface area contributed by atoms with E-state index < -0.39 is 10.0 Å². The molecule has 5 rings (SSSR count). The monoisotopic (exact) mass is 412 g/mol. The van der Waals surface area contributed by atoms with Gasteiger partial charge in [0.15, 0.2) is 5.82 Å². The van der Waals surface area contributed by atoms with E-state index in [0.717, 1.165) is 16.5 Å². The van der Waals surface area contributed by atoms with Gasteiger partial charge in [0.1, 0.15) is 5.82 Å². The van der Waals surface area contributed by atoms with Crippen molar-refractivity contribution in [3.05, 3.63) is 59.8 Å². The number of halogens is 1. The minimum Gasteiger partial charge on any atom is -0.360 e. The van der Waals surface area contributed by atoms with Gasteiger partial charge in [-0.15, -0.1) is 10.2 Å². The minimum absolute atomic E-state index is 0.0493. The zero-order chi connectivity index (χ0) is 20.3. The van der Waals surface area contributed by atoms with E-state index in [9.17, 15) is 12.8 Å². The molecular formula is C19H17FN6O2S. The quantitative estimate of drug-likeness (QED) is 0.558. The van der Waals surface area contributed by atoms with E-state index in [0.29, 0.717) is 16.9 Å². The van der Waals surface area contributed by atoms with Gasteiger partial charge in [0.25, 0.3) is 0 Å². The fraction of sp³-hybridized carbons (Fsp3) is 0.211. The Morgan fingerprint density at radius 3 is 2.79 bits per heavy atom. The van der Waals surface area contributed by atoms with Crippen molar-refractivity contribution in [2.75, 3.05) is 0 Å². The summed E-state index contributed by atoms with van der Waals surface area (Å²) in [7, 11) is -2.03. The Morgan fingerprint density at radius 1 is 1.21 bits per heavy atom. The van der Waals surface area contributed by atoms with Crippen LogP contribution in [0.3, 0.4) is 0 Å². The number of nitrogens with zero attached hydrogens (tertiary/aromatic N) is 5. The maximum Gasteiger partial charge on any atom is 0.244 e. The molecule has 8 nitrogen and oxygen atoms in total. The van der Waals surface area contributed by atoms with Gasteiger partial charge in [0.05, 0.1) is 18.5 Å². The average molecular weight is 412 g/mol. The predicted molar refractivity (Wildman–Crippen MR) is 104 cm³/mol. The second kappa shape index (κ2) is 6.19. The van der Waals surface area contributed by atoms with E-state index in [1.807, 2.05) is 13.0 Å². The Kier molecular flexibility index (Phi) is 3.83. The van der Waals surface area contributed by atoms with Crippen LogP contribution in [0.2, 0.25) is 0 Å². The van der Waals surface area contributed by atoms with E-state index >= 15 is 0 Å². The van der Waals surface area contributed by atoms with Crippen LogP contribution in [0.4, 0.5) is 4.39 Å². The maximum absolute atomic E-state index is 13.5. The summed E-state index contributed by atoms with van der Waals surface area (Å²) in [5, 5.41) is 12.6. The van der Waals surface area contributed by atoms with Crippen LogP contribution in [0.1, 0.15) is 24.4 Å². The highest BCUT2D eigenvalue weighted by Crippen LogP contribution is 2.42. The molecule has 3 heterocycles. The third-order valence-corrected chi connectivity index (χ3v) is 7.27. The van der Waals surface area contributed by atoms with E-state index in [1.165, 1.54) is 21.2 Å². The van der Waals surface area contributed by atoms with Crippen LogP contribution in [-0.4, -0.2) is 37.9 Å². The van der Waals surface area contributed by atoms with Gasteiger partial charge in [-0.2, -0.15) is 9.10 Å². The molecule has 1 N–H and O–H groups in total. The first kappa shape index (κ1) is 18.0. The lowest BCUT2D eigenvalue weighted by Crippen LogP contribution is -2.27. The van der Waals surface area contributed by atoms with Crippen LogP contribution >= 0.6 is 0 Å². The molecule has 4 aromatic rings. The van der Waals surface area contributed by atoms with Gasteiger partial charge in [0, 0.05) is 28.7 Å². The van der Waals surface area contributed by atoms with Gasteiger partial charge in [0.2, 0.25) is 10.0 Å². The number of rotatable bonds is 3. The van der Waals surface area contributed by atoms with Gasteiger partial charge in [-0.05, 0) is 53.6 Å². The summed E-state index contributed by atoms with van der Waals surface area (Å²) in [6.07, 6.45) is 1.81. The van der Waals surface area contributed by atoms with Crippen molar-refractivity contribution in [3.8, 4) is 11.1 Å². The molecular weight excluding hydrogens is 395 g/mol. The molecule has 10 heteroatoms. The summed E-state index contributed by atoms with van der Waals surface area (Å²) in [6.45, 7) is 1.89. The zero-order valence-corrected chi connectivity index (χ0v) is 16.5. The van der Waals surface area contributed by atoms with Gasteiger partial charge in [-0.3, -0.25) is 0 Å². The van der Waals surface area contributed by atoms with Crippen LogP contribution in [0.25, 0.3) is 22.0 Å². The molecule has 148 valence electrons. The second-order valence-electron chi connectivity index (χ2n) is 7.07. The number of sulfonamides is 1. The number of fused-ring (bicyclic) bond motifs is 2. The molecule has 1 atom stereocenters. The molecule has 0 saturated heterocycles. The fourth-order valence-corrected chi connectivity index (χ4v) is 5.69. The lowest BCUT2D eigenvalue weighted by Gasteiger charge is -2.18. The van der Waals surface area contributed by atoms with Gasteiger partial charge >= 0.3 is 0 Å². The smallest absolute Gasteiger partial charge is 0.244 e. The summed E-state index contributed by atoms with van der Waals surface area (Å²) in [6, 6.07) is 9.48. The van der Waals surface area contributed by atoms with Crippen LogP contribution in [0, 0.1) is 5.82 Å². The van der Waals surface area contributed by atoms with Gasteiger partial charge in [-0.25, -0.2) is 12.8 Å². The van der Waals surface area contributed by atoms with E-state index in [2.05, 4.69) is 20.4 Å². The third-order valence-electron chi connectivity index (χ3n) is 5.28. The average Bonchev–Trinajstić information content (AvgIpc) is 3.34.